The van der Waals surface area contributed by atoms with Gasteiger partial charge in [-0.3, -0.25) is 0 Å². The molecule has 2 nitrogen and oxygen atoms in total. The van der Waals surface area contributed by atoms with E-state index in [9.17, 15) is 5.11 Å². The third kappa shape index (κ3) is 1.07. The summed E-state index contributed by atoms with van der Waals surface area (Å²) in [6.45, 7) is 9.09. The van der Waals surface area contributed by atoms with Crippen molar-refractivity contribution >= 4 is 20.6 Å². The van der Waals surface area contributed by atoms with Crippen molar-refractivity contribution in [2.75, 3.05) is 0 Å². The minimum atomic E-state index is -1.62. The van der Waals surface area contributed by atoms with Crippen molar-refractivity contribution in [3.8, 4) is 11.5 Å². The van der Waals surface area contributed by atoms with Crippen molar-refractivity contribution in [2.45, 2.75) is 26.2 Å². The van der Waals surface area contributed by atoms with E-state index in [2.05, 4.69) is 26.2 Å². The van der Waals surface area contributed by atoms with Crippen molar-refractivity contribution in [2.24, 2.45) is 0 Å². The Bertz CT molecular complexity index is 386. The third-order valence-electron chi connectivity index (χ3n) is 3.50. The van der Waals surface area contributed by atoms with E-state index in [0.29, 0.717) is 5.75 Å². The zero-order chi connectivity index (χ0) is 10.6. The number of fused-ring (bicyclic) bond motifs is 1. The largest absolute Gasteiger partial charge is 0.546 e. The Kier molecular flexibility index (Phi) is 1.85. The Hall–Kier alpha value is -0.746. The summed E-state index contributed by atoms with van der Waals surface area (Å²) in [6.07, 6.45) is 0. The van der Waals surface area contributed by atoms with Gasteiger partial charge in [-0.2, -0.15) is 0 Å². The van der Waals surface area contributed by atoms with Crippen molar-refractivity contribution < 1.29 is 9.53 Å². The van der Waals surface area contributed by atoms with E-state index in [4.69, 9.17) is 4.43 Å². The van der Waals surface area contributed by atoms with Gasteiger partial charge in [0.1, 0.15) is 19.1 Å². The molecule has 0 amide bonds. The number of aromatic hydroxyl groups is 1. The highest BCUT2D eigenvalue weighted by molar-refractivity contribution is 7.45. The standard InChI is InChI=1S/C10H16O2Si2/c1-13(2)10-8(11)6-5-7-9(10)12-14(13,3)4/h5-7,11H,1-4H3. The molecule has 0 aliphatic carbocycles. The summed E-state index contributed by atoms with van der Waals surface area (Å²) in [5, 5.41) is 11.0. The van der Waals surface area contributed by atoms with Crippen LogP contribution in [0.1, 0.15) is 0 Å². The van der Waals surface area contributed by atoms with Gasteiger partial charge < -0.3 is 9.53 Å². The van der Waals surface area contributed by atoms with Crippen LogP contribution in [0.5, 0.6) is 11.5 Å². The number of benzene rings is 1. The zero-order valence-corrected chi connectivity index (χ0v) is 11.1. The second kappa shape index (κ2) is 2.64. The topological polar surface area (TPSA) is 29.5 Å². The van der Waals surface area contributed by atoms with Crippen LogP contribution in [0.25, 0.3) is 0 Å². The highest BCUT2D eigenvalue weighted by atomic mass is 29.3. The molecule has 2 rings (SSSR count). The molecule has 1 aromatic rings. The zero-order valence-electron chi connectivity index (χ0n) is 9.09. The van der Waals surface area contributed by atoms with Gasteiger partial charge in [0.15, 0.2) is 0 Å². The molecule has 1 aromatic carbocycles. The highest BCUT2D eigenvalue weighted by Crippen LogP contribution is 2.35. The summed E-state index contributed by atoms with van der Waals surface area (Å²) in [7, 11) is -3.19. The molecule has 0 aromatic heterocycles. The highest BCUT2D eigenvalue weighted by Gasteiger charge is 2.53. The van der Waals surface area contributed by atoms with Crippen molar-refractivity contribution in [1.29, 1.82) is 0 Å². The molecule has 0 saturated heterocycles. The van der Waals surface area contributed by atoms with E-state index in [1.54, 1.807) is 6.07 Å². The van der Waals surface area contributed by atoms with Gasteiger partial charge in [-0.15, -0.1) is 0 Å². The predicted octanol–water partition coefficient (Wildman–Crippen LogP) is 1.98. The smallest absolute Gasteiger partial charge is 0.234 e. The van der Waals surface area contributed by atoms with Crippen LogP contribution >= 0.6 is 0 Å². The lowest BCUT2D eigenvalue weighted by atomic mass is 10.3. The van der Waals surface area contributed by atoms with Gasteiger partial charge in [0, 0.05) is 5.19 Å². The Morgan fingerprint density at radius 2 is 1.79 bits per heavy atom. The summed E-state index contributed by atoms with van der Waals surface area (Å²) in [5.41, 5.74) is 0. The van der Waals surface area contributed by atoms with Gasteiger partial charge in [0.05, 0.1) is 0 Å². The van der Waals surface area contributed by atoms with Gasteiger partial charge in [-0.05, 0) is 25.2 Å². The Labute approximate surface area is 86.5 Å². The summed E-state index contributed by atoms with van der Waals surface area (Å²) in [5.74, 6) is 1.36. The molecule has 1 heterocycles. The second-order valence-corrected chi connectivity index (χ2v) is 19.2. The number of phenols is 1. The third-order valence-corrected chi connectivity index (χ3v) is 19.1. The molecule has 0 fully saturated rings. The van der Waals surface area contributed by atoms with Gasteiger partial charge in [0.2, 0.25) is 7.83 Å². The first kappa shape index (κ1) is 9.80. The number of rotatable bonds is 0. The van der Waals surface area contributed by atoms with E-state index in [0.717, 1.165) is 10.9 Å². The van der Waals surface area contributed by atoms with Crippen molar-refractivity contribution in [3.63, 3.8) is 0 Å². The van der Waals surface area contributed by atoms with E-state index in [1.165, 1.54) is 0 Å². The summed E-state index contributed by atoms with van der Waals surface area (Å²) in [4.78, 5) is 0. The fraction of sp³-hybridized carbons (Fsp3) is 0.400. The molecule has 1 N–H and O–H groups in total. The van der Waals surface area contributed by atoms with Crippen LogP contribution in [-0.4, -0.2) is 20.5 Å². The molecule has 4 heteroatoms. The number of phenolic OH excluding ortho intramolecular Hbond substituents is 1. The summed E-state index contributed by atoms with van der Waals surface area (Å²) >= 11 is 0. The quantitative estimate of drug-likeness (QED) is 0.683. The second-order valence-electron chi connectivity index (χ2n) is 4.89. The molecule has 1 aliphatic rings. The average molecular weight is 224 g/mol. The molecule has 0 atom stereocenters. The Morgan fingerprint density at radius 1 is 1.14 bits per heavy atom. The van der Waals surface area contributed by atoms with Gasteiger partial charge in [-0.25, -0.2) is 0 Å². The maximum absolute atomic E-state index is 9.88. The molecule has 1 aliphatic heterocycles. The maximum atomic E-state index is 9.88. The molecular formula is C10H16O2Si2. The van der Waals surface area contributed by atoms with Gasteiger partial charge >= 0.3 is 0 Å². The summed E-state index contributed by atoms with van der Waals surface area (Å²) < 4.78 is 6.03. The molecule has 0 spiro atoms. The molecule has 0 bridgehead atoms. The SMILES string of the molecule is C[Si]1(C)Oc2cccc(O)c2[Si]1(C)C. The molecule has 0 radical (unpaired) electrons. The van der Waals surface area contributed by atoms with Crippen LogP contribution in [0.15, 0.2) is 18.2 Å². The van der Waals surface area contributed by atoms with E-state index >= 15 is 0 Å². The van der Waals surface area contributed by atoms with Gasteiger partial charge in [0.25, 0.3) is 0 Å². The number of hydrogen-bond acceptors (Lipinski definition) is 2. The minimum Gasteiger partial charge on any atom is -0.546 e. The van der Waals surface area contributed by atoms with Crippen LogP contribution < -0.4 is 9.61 Å². The maximum Gasteiger partial charge on any atom is 0.234 e. The van der Waals surface area contributed by atoms with Crippen molar-refractivity contribution in [3.05, 3.63) is 18.2 Å². The van der Waals surface area contributed by atoms with Crippen LogP contribution in [-0.2, 0) is 0 Å². The van der Waals surface area contributed by atoms with Gasteiger partial charge in [-0.1, -0.05) is 19.2 Å². The molecule has 14 heavy (non-hydrogen) atoms. The normalized spacial score (nSPS) is 21.4. The number of hydrogen-bond donors (Lipinski definition) is 1. The van der Waals surface area contributed by atoms with E-state index in [-0.39, 0.29) is 0 Å². The van der Waals surface area contributed by atoms with Crippen LogP contribution in [0, 0.1) is 0 Å². The lowest BCUT2D eigenvalue weighted by molar-refractivity contribution is 0.477. The molecule has 76 valence electrons. The lowest BCUT2D eigenvalue weighted by Crippen LogP contribution is -2.60. The fourth-order valence-electron chi connectivity index (χ4n) is 1.94. The van der Waals surface area contributed by atoms with Crippen LogP contribution in [0.3, 0.4) is 0 Å². The average Bonchev–Trinajstić information content (AvgIpc) is 2.19. The summed E-state index contributed by atoms with van der Waals surface area (Å²) in [6, 6.07) is 5.60. The fourth-order valence-corrected chi connectivity index (χ4v) is 8.74. The monoisotopic (exact) mass is 224 g/mol. The predicted molar refractivity (Wildman–Crippen MR) is 63.3 cm³/mol. The van der Waals surface area contributed by atoms with Crippen LogP contribution in [0.4, 0.5) is 0 Å². The molecule has 0 unspecified atom stereocenters. The first-order valence-electron chi connectivity index (χ1n) is 4.88. The Morgan fingerprint density at radius 3 is 2.36 bits per heavy atom. The molecular weight excluding hydrogens is 208 g/mol. The van der Waals surface area contributed by atoms with E-state index in [1.807, 2.05) is 12.1 Å². The first-order chi connectivity index (χ1) is 6.36. The Balaban J connectivity index is 2.68. The molecule has 0 saturated carbocycles. The van der Waals surface area contributed by atoms with E-state index < -0.39 is 15.4 Å². The van der Waals surface area contributed by atoms with Crippen LogP contribution in [0.2, 0.25) is 26.2 Å². The minimum absolute atomic E-state index is 0.428. The first-order valence-corrected chi connectivity index (χ1v) is 11.8. The van der Waals surface area contributed by atoms with Crippen molar-refractivity contribution in [1.82, 2.24) is 0 Å². The lowest BCUT2D eigenvalue weighted by Gasteiger charge is -2.28.